The van der Waals surface area contributed by atoms with E-state index in [2.05, 4.69) is 23.6 Å². The van der Waals surface area contributed by atoms with Crippen molar-refractivity contribution >= 4 is 11.6 Å². The van der Waals surface area contributed by atoms with E-state index in [-0.39, 0.29) is 11.6 Å². The normalized spacial score (nSPS) is 10.8. The van der Waals surface area contributed by atoms with Gasteiger partial charge in [-0.05, 0) is 42.7 Å². The molecule has 0 aliphatic rings. The largest absolute Gasteiger partial charge is 0.385 e. The number of amides is 1. The van der Waals surface area contributed by atoms with Crippen LogP contribution in [0.1, 0.15) is 33.6 Å². The molecule has 0 radical (unpaired) electrons. The maximum absolute atomic E-state index is 13.2. The summed E-state index contributed by atoms with van der Waals surface area (Å²) in [5.41, 5.74) is 3.65. The minimum atomic E-state index is -0.487. The number of methoxy groups -OCH3 is 1. The number of non-ortho nitro benzene ring substituents is 1. The molecule has 0 atom stereocenters. The first-order valence-corrected chi connectivity index (χ1v) is 10.2. The van der Waals surface area contributed by atoms with Crippen molar-refractivity contribution in [2.45, 2.75) is 26.4 Å². The lowest BCUT2D eigenvalue weighted by molar-refractivity contribution is -0.384. The number of ether oxygens (including phenoxy) is 1. The standard InChI is InChI=1S/C24H27N3O4/c1-19-8-3-4-9-21(19)17-25-13-6-12-23(25)18-26(14-7-15-31-2)24(28)20-10-5-11-22(16-20)27(29)30/h3-6,8-13,16H,7,14-15,17-18H2,1-2H3. The zero-order valence-electron chi connectivity index (χ0n) is 17.9. The van der Waals surface area contributed by atoms with Gasteiger partial charge in [0.15, 0.2) is 0 Å². The number of carbonyl (C=O) groups is 1. The lowest BCUT2D eigenvalue weighted by Gasteiger charge is -2.24. The van der Waals surface area contributed by atoms with E-state index in [1.165, 1.54) is 23.3 Å². The third-order valence-electron chi connectivity index (χ3n) is 5.25. The molecule has 0 N–H and O–H groups in total. The van der Waals surface area contributed by atoms with Crippen molar-refractivity contribution in [1.82, 2.24) is 9.47 Å². The molecular weight excluding hydrogens is 394 g/mol. The first-order chi connectivity index (χ1) is 15.0. The predicted octanol–water partition coefficient (Wildman–Crippen LogP) is 4.43. The molecule has 0 saturated carbocycles. The van der Waals surface area contributed by atoms with Gasteiger partial charge in [-0.1, -0.05) is 30.3 Å². The van der Waals surface area contributed by atoms with Crippen molar-refractivity contribution in [3.05, 3.63) is 99.4 Å². The van der Waals surface area contributed by atoms with E-state index in [1.807, 2.05) is 30.5 Å². The topological polar surface area (TPSA) is 77.6 Å². The number of nitrogens with zero attached hydrogens (tertiary/aromatic N) is 3. The van der Waals surface area contributed by atoms with Gasteiger partial charge in [0.25, 0.3) is 11.6 Å². The van der Waals surface area contributed by atoms with E-state index in [0.29, 0.717) is 38.2 Å². The summed E-state index contributed by atoms with van der Waals surface area (Å²) < 4.78 is 7.28. The summed E-state index contributed by atoms with van der Waals surface area (Å²) in [5, 5.41) is 11.1. The minimum absolute atomic E-state index is 0.0920. The van der Waals surface area contributed by atoms with Gasteiger partial charge in [-0.25, -0.2) is 0 Å². The van der Waals surface area contributed by atoms with Gasteiger partial charge in [0.1, 0.15) is 0 Å². The Morgan fingerprint density at radius 1 is 1.13 bits per heavy atom. The average molecular weight is 421 g/mol. The maximum atomic E-state index is 13.2. The second kappa shape index (κ2) is 10.5. The summed E-state index contributed by atoms with van der Waals surface area (Å²) in [6.07, 6.45) is 2.68. The third-order valence-corrected chi connectivity index (χ3v) is 5.25. The van der Waals surface area contributed by atoms with Crippen LogP contribution >= 0.6 is 0 Å². The number of nitro groups is 1. The molecule has 3 aromatic rings. The molecule has 0 aliphatic heterocycles. The SMILES string of the molecule is COCCCN(Cc1cccn1Cc1ccccc1C)C(=O)c1cccc([N+](=O)[O-])c1. The molecule has 7 heteroatoms. The van der Waals surface area contributed by atoms with Crippen LogP contribution in [-0.2, 0) is 17.8 Å². The van der Waals surface area contributed by atoms with E-state index in [0.717, 1.165) is 5.69 Å². The molecule has 0 unspecified atom stereocenters. The number of aromatic nitrogens is 1. The zero-order chi connectivity index (χ0) is 22.2. The second-order valence-electron chi connectivity index (χ2n) is 7.43. The molecule has 0 aliphatic carbocycles. The summed E-state index contributed by atoms with van der Waals surface area (Å²) in [6.45, 7) is 4.23. The molecule has 1 heterocycles. The van der Waals surface area contributed by atoms with Gasteiger partial charge in [0, 0.05) is 56.4 Å². The highest BCUT2D eigenvalue weighted by Crippen LogP contribution is 2.18. The fourth-order valence-electron chi connectivity index (χ4n) is 3.50. The summed E-state index contributed by atoms with van der Waals surface area (Å²) in [6, 6.07) is 18.1. The van der Waals surface area contributed by atoms with E-state index < -0.39 is 4.92 Å². The predicted molar refractivity (Wildman–Crippen MR) is 119 cm³/mol. The molecule has 3 rings (SSSR count). The smallest absolute Gasteiger partial charge is 0.270 e. The van der Waals surface area contributed by atoms with E-state index in [4.69, 9.17) is 4.74 Å². The van der Waals surface area contributed by atoms with Gasteiger partial charge in [0.2, 0.25) is 0 Å². The molecular formula is C24H27N3O4. The van der Waals surface area contributed by atoms with Gasteiger partial charge in [-0.3, -0.25) is 14.9 Å². The van der Waals surface area contributed by atoms with Crippen molar-refractivity contribution < 1.29 is 14.5 Å². The maximum Gasteiger partial charge on any atom is 0.270 e. The van der Waals surface area contributed by atoms with Crippen molar-refractivity contribution in [1.29, 1.82) is 0 Å². The Labute approximate surface area is 182 Å². The van der Waals surface area contributed by atoms with Crippen molar-refractivity contribution in [2.24, 2.45) is 0 Å². The Hall–Kier alpha value is -3.45. The van der Waals surface area contributed by atoms with Gasteiger partial charge >= 0.3 is 0 Å². The van der Waals surface area contributed by atoms with Gasteiger partial charge in [0.05, 0.1) is 11.5 Å². The van der Waals surface area contributed by atoms with Gasteiger partial charge in [-0.15, -0.1) is 0 Å². The average Bonchev–Trinajstić information content (AvgIpc) is 3.21. The first kappa shape index (κ1) is 22.2. The lowest BCUT2D eigenvalue weighted by Crippen LogP contribution is -2.33. The number of carbonyl (C=O) groups excluding carboxylic acids is 1. The third kappa shape index (κ3) is 5.79. The molecule has 1 aromatic heterocycles. The lowest BCUT2D eigenvalue weighted by atomic mass is 10.1. The summed E-state index contributed by atoms with van der Waals surface area (Å²) in [4.78, 5) is 25.6. The number of rotatable bonds is 10. The number of hydrogen-bond donors (Lipinski definition) is 0. The summed E-state index contributed by atoms with van der Waals surface area (Å²) >= 11 is 0. The highest BCUT2D eigenvalue weighted by Gasteiger charge is 2.20. The molecule has 2 aromatic carbocycles. The molecule has 0 fully saturated rings. The highest BCUT2D eigenvalue weighted by atomic mass is 16.6. The van der Waals surface area contributed by atoms with Crippen molar-refractivity contribution in [3.63, 3.8) is 0 Å². The van der Waals surface area contributed by atoms with Crippen LogP contribution in [0.4, 0.5) is 5.69 Å². The fraction of sp³-hybridized carbons (Fsp3) is 0.292. The quantitative estimate of drug-likeness (QED) is 0.276. The van der Waals surface area contributed by atoms with Crippen LogP contribution in [0.2, 0.25) is 0 Å². The Morgan fingerprint density at radius 3 is 2.68 bits per heavy atom. The molecule has 7 nitrogen and oxygen atoms in total. The van der Waals surface area contributed by atoms with Crippen LogP contribution in [0.3, 0.4) is 0 Å². The first-order valence-electron chi connectivity index (χ1n) is 10.2. The van der Waals surface area contributed by atoms with Crippen LogP contribution in [0.15, 0.2) is 66.9 Å². The van der Waals surface area contributed by atoms with Crippen LogP contribution in [0.25, 0.3) is 0 Å². The monoisotopic (exact) mass is 421 g/mol. The van der Waals surface area contributed by atoms with E-state index in [1.54, 1.807) is 24.1 Å². The molecule has 31 heavy (non-hydrogen) atoms. The highest BCUT2D eigenvalue weighted by molar-refractivity contribution is 5.94. The van der Waals surface area contributed by atoms with Crippen LogP contribution < -0.4 is 0 Å². The van der Waals surface area contributed by atoms with Gasteiger partial charge in [-0.2, -0.15) is 0 Å². The number of aryl methyl sites for hydroxylation is 1. The Balaban J connectivity index is 1.83. The summed E-state index contributed by atoms with van der Waals surface area (Å²) in [5.74, 6) is -0.233. The zero-order valence-corrected chi connectivity index (χ0v) is 17.9. The fourth-order valence-corrected chi connectivity index (χ4v) is 3.50. The molecule has 0 saturated heterocycles. The molecule has 162 valence electrons. The van der Waals surface area contributed by atoms with Crippen molar-refractivity contribution in [3.8, 4) is 0 Å². The number of benzene rings is 2. The Bertz CT molecular complexity index is 1040. The van der Waals surface area contributed by atoms with Crippen molar-refractivity contribution in [2.75, 3.05) is 20.3 Å². The summed E-state index contributed by atoms with van der Waals surface area (Å²) in [7, 11) is 1.63. The number of nitro benzene ring substituents is 1. The second-order valence-corrected chi connectivity index (χ2v) is 7.43. The Morgan fingerprint density at radius 2 is 1.94 bits per heavy atom. The van der Waals surface area contributed by atoms with E-state index in [9.17, 15) is 14.9 Å². The number of hydrogen-bond acceptors (Lipinski definition) is 4. The Kier molecular flexibility index (Phi) is 7.56. The van der Waals surface area contributed by atoms with Crippen LogP contribution in [0.5, 0.6) is 0 Å². The molecule has 1 amide bonds. The van der Waals surface area contributed by atoms with Gasteiger partial charge < -0.3 is 14.2 Å². The van der Waals surface area contributed by atoms with E-state index >= 15 is 0 Å². The molecule has 0 bridgehead atoms. The minimum Gasteiger partial charge on any atom is -0.385 e. The van der Waals surface area contributed by atoms with Crippen LogP contribution in [-0.4, -0.2) is 40.6 Å². The van der Waals surface area contributed by atoms with Crippen LogP contribution in [0, 0.1) is 17.0 Å². The molecule has 0 spiro atoms.